The third kappa shape index (κ3) is 2.63. The van der Waals surface area contributed by atoms with Gasteiger partial charge in [0, 0.05) is 25.7 Å². The lowest BCUT2D eigenvalue weighted by Crippen LogP contribution is -2.57. The summed E-state index contributed by atoms with van der Waals surface area (Å²) in [5.74, 6) is 0.0368. The van der Waals surface area contributed by atoms with E-state index in [0.717, 1.165) is 18.8 Å². The van der Waals surface area contributed by atoms with Crippen LogP contribution in [0.25, 0.3) is 5.69 Å². The Kier molecular flexibility index (Phi) is 4.31. The molecule has 1 aliphatic rings. The van der Waals surface area contributed by atoms with Crippen LogP contribution in [0, 0.1) is 0 Å². The number of rotatable bonds is 3. The summed E-state index contributed by atoms with van der Waals surface area (Å²) in [5.41, 5.74) is 1.50. The van der Waals surface area contributed by atoms with Crippen molar-refractivity contribution in [3.05, 3.63) is 36.2 Å². The van der Waals surface area contributed by atoms with Gasteiger partial charge in [0.05, 0.1) is 11.7 Å². The number of likely N-dealkylation sites (N-methyl/N-ethyl adjacent to an activating group) is 1. The second kappa shape index (κ2) is 5.98. The van der Waals surface area contributed by atoms with Crippen LogP contribution >= 0.6 is 12.4 Å². The van der Waals surface area contributed by atoms with Gasteiger partial charge in [-0.3, -0.25) is 4.79 Å². The number of carbonyl (C=O) groups is 1. The number of carbonyl (C=O) groups excluding carboxylic acids is 1. The lowest BCUT2D eigenvalue weighted by Gasteiger charge is -2.35. The highest BCUT2D eigenvalue weighted by molar-refractivity contribution is 5.94. The van der Waals surface area contributed by atoms with Crippen molar-refractivity contribution in [3.63, 3.8) is 0 Å². The average molecular weight is 295 g/mol. The monoisotopic (exact) mass is 294 g/mol. The molecular formula is C12H15ClN6O. The lowest BCUT2D eigenvalue weighted by atomic mass is 10.1. The summed E-state index contributed by atoms with van der Waals surface area (Å²) in [4.78, 5) is 14.0. The first kappa shape index (κ1) is 14.4. The largest absolute Gasteiger partial charge is 0.336 e. The number of halogens is 1. The van der Waals surface area contributed by atoms with Gasteiger partial charge >= 0.3 is 0 Å². The normalized spacial score (nSPS) is 14.2. The Morgan fingerprint density at radius 3 is 2.55 bits per heavy atom. The van der Waals surface area contributed by atoms with Gasteiger partial charge in [-0.05, 0) is 34.7 Å². The quantitative estimate of drug-likeness (QED) is 0.871. The number of hydrogen-bond acceptors (Lipinski definition) is 5. The maximum atomic E-state index is 12.2. The van der Waals surface area contributed by atoms with Crippen molar-refractivity contribution in [2.75, 3.05) is 20.1 Å². The van der Waals surface area contributed by atoms with E-state index in [1.54, 1.807) is 21.7 Å². The molecular weight excluding hydrogens is 280 g/mol. The molecule has 2 aromatic rings. The number of nitrogens with one attached hydrogen (secondary N) is 1. The van der Waals surface area contributed by atoms with Crippen molar-refractivity contribution in [2.45, 2.75) is 6.04 Å². The van der Waals surface area contributed by atoms with Crippen LogP contribution in [-0.2, 0) is 0 Å². The lowest BCUT2D eigenvalue weighted by molar-refractivity contribution is 0.0681. The molecule has 1 amide bonds. The third-order valence-corrected chi connectivity index (χ3v) is 3.36. The van der Waals surface area contributed by atoms with Crippen LogP contribution in [0.2, 0.25) is 0 Å². The maximum absolute atomic E-state index is 12.2. The van der Waals surface area contributed by atoms with Gasteiger partial charge in [-0.15, -0.1) is 17.5 Å². The van der Waals surface area contributed by atoms with Gasteiger partial charge in [0.25, 0.3) is 5.91 Å². The van der Waals surface area contributed by atoms with Crippen molar-refractivity contribution < 1.29 is 4.79 Å². The molecule has 0 saturated carbocycles. The van der Waals surface area contributed by atoms with E-state index in [2.05, 4.69) is 20.8 Å². The highest BCUT2D eigenvalue weighted by atomic mass is 35.5. The van der Waals surface area contributed by atoms with Gasteiger partial charge in [0.1, 0.15) is 6.33 Å². The molecule has 1 aliphatic heterocycles. The predicted molar refractivity (Wildman–Crippen MR) is 75.2 cm³/mol. The van der Waals surface area contributed by atoms with E-state index in [1.165, 1.54) is 6.33 Å². The van der Waals surface area contributed by atoms with Crippen LogP contribution < -0.4 is 5.32 Å². The summed E-state index contributed by atoms with van der Waals surface area (Å²) in [6.45, 7) is 1.73. The highest BCUT2D eigenvalue weighted by Gasteiger charge is 2.25. The minimum Gasteiger partial charge on any atom is -0.336 e. The summed E-state index contributed by atoms with van der Waals surface area (Å²) in [6, 6.07) is 7.54. The molecule has 3 rings (SSSR count). The van der Waals surface area contributed by atoms with Crippen molar-refractivity contribution in [2.24, 2.45) is 0 Å². The van der Waals surface area contributed by atoms with E-state index in [9.17, 15) is 4.79 Å². The number of amides is 1. The molecule has 1 fully saturated rings. The van der Waals surface area contributed by atoms with Crippen LogP contribution in [0.3, 0.4) is 0 Å². The Balaban J connectivity index is 0.00000147. The zero-order valence-electron chi connectivity index (χ0n) is 10.9. The van der Waals surface area contributed by atoms with Crippen molar-refractivity contribution >= 4 is 18.3 Å². The minimum absolute atomic E-state index is 0. The molecule has 0 atom stereocenters. The van der Waals surface area contributed by atoms with Gasteiger partial charge in [-0.2, -0.15) is 0 Å². The third-order valence-electron chi connectivity index (χ3n) is 3.36. The summed E-state index contributed by atoms with van der Waals surface area (Å²) >= 11 is 0. The van der Waals surface area contributed by atoms with Crippen LogP contribution in [-0.4, -0.2) is 57.2 Å². The predicted octanol–water partition coefficient (Wildman–Crippen LogP) is 0.128. The molecule has 0 radical (unpaired) electrons. The van der Waals surface area contributed by atoms with Crippen LogP contribution in [0.15, 0.2) is 30.6 Å². The molecule has 0 spiro atoms. The number of benzene rings is 1. The molecule has 8 heteroatoms. The van der Waals surface area contributed by atoms with Gasteiger partial charge in [0.2, 0.25) is 0 Å². The average Bonchev–Trinajstić information content (AvgIpc) is 2.90. The number of hydrogen-bond donors (Lipinski definition) is 1. The Morgan fingerprint density at radius 1 is 1.35 bits per heavy atom. The highest BCUT2D eigenvalue weighted by Crippen LogP contribution is 2.12. The number of aromatic nitrogens is 4. The van der Waals surface area contributed by atoms with Crippen molar-refractivity contribution in [1.82, 2.24) is 30.4 Å². The second-order valence-electron chi connectivity index (χ2n) is 4.53. The number of tetrazole rings is 1. The molecule has 1 aromatic heterocycles. The summed E-state index contributed by atoms with van der Waals surface area (Å²) < 4.78 is 1.55. The topological polar surface area (TPSA) is 75.9 Å². The van der Waals surface area contributed by atoms with Gasteiger partial charge in [0.15, 0.2) is 0 Å². The molecule has 1 saturated heterocycles. The molecule has 0 aliphatic carbocycles. The molecule has 106 valence electrons. The summed E-state index contributed by atoms with van der Waals surface area (Å²) in [7, 11) is 1.84. The molecule has 20 heavy (non-hydrogen) atoms. The fourth-order valence-corrected chi connectivity index (χ4v) is 1.95. The van der Waals surface area contributed by atoms with E-state index in [-0.39, 0.29) is 18.3 Å². The molecule has 2 heterocycles. The van der Waals surface area contributed by atoms with Crippen molar-refractivity contribution in [1.29, 1.82) is 0 Å². The van der Waals surface area contributed by atoms with Crippen LogP contribution in [0.1, 0.15) is 10.4 Å². The van der Waals surface area contributed by atoms with Gasteiger partial charge in [-0.1, -0.05) is 0 Å². The Morgan fingerprint density at radius 2 is 2.05 bits per heavy atom. The molecule has 1 N–H and O–H groups in total. The Labute approximate surface area is 122 Å². The fraction of sp³-hybridized carbons (Fsp3) is 0.333. The standard InChI is InChI=1S/C12H14N6O.ClH/c1-17(11-6-13-7-11)12(19)9-2-4-10(5-3-9)18-8-14-15-16-18;/h2-5,8,11,13H,6-7H2,1H3;1H. The van der Waals surface area contributed by atoms with Gasteiger partial charge in [-0.25, -0.2) is 4.68 Å². The Bertz CT molecular complexity index is 566. The minimum atomic E-state index is 0. The molecule has 0 bridgehead atoms. The zero-order chi connectivity index (χ0) is 13.2. The summed E-state index contributed by atoms with van der Waals surface area (Å²) in [6.07, 6.45) is 1.52. The number of nitrogens with zero attached hydrogens (tertiary/aromatic N) is 5. The maximum Gasteiger partial charge on any atom is 0.253 e. The van der Waals surface area contributed by atoms with Gasteiger partial charge < -0.3 is 10.2 Å². The Hall–Kier alpha value is -1.99. The van der Waals surface area contributed by atoms with E-state index in [1.807, 2.05) is 19.2 Å². The van der Waals surface area contributed by atoms with E-state index < -0.39 is 0 Å². The SMILES string of the molecule is CN(C(=O)c1ccc(-n2cnnn2)cc1)C1CNC1.Cl. The smallest absolute Gasteiger partial charge is 0.253 e. The molecule has 1 aromatic carbocycles. The van der Waals surface area contributed by atoms with E-state index >= 15 is 0 Å². The fourth-order valence-electron chi connectivity index (χ4n) is 1.95. The van der Waals surface area contributed by atoms with Crippen LogP contribution in [0.5, 0.6) is 0 Å². The summed E-state index contributed by atoms with van der Waals surface area (Å²) in [5, 5.41) is 14.1. The van der Waals surface area contributed by atoms with Crippen LogP contribution in [0.4, 0.5) is 0 Å². The first-order chi connectivity index (χ1) is 9.25. The van der Waals surface area contributed by atoms with E-state index in [4.69, 9.17) is 0 Å². The molecule has 0 unspecified atom stereocenters. The second-order valence-corrected chi connectivity index (χ2v) is 4.53. The first-order valence-electron chi connectivity index (χ1n) is 6.07. The zero-order valence-corrected chi connectivity index (χ0v) is 11.7. The van der Waals surface area contributed by atoms with Crippen molar-refractivity contribution in [3.8, 4) is 5.69 Å². The first-order valence-corrected chi connectivity index (χ1v) is 6.07. The van der Waals surface area contributed by atoms with E-state index in [0.29, 0.717) is 11.6 Å². The molecule has 7 nitrogen and oxygen atoms in total.